The maximum absolute atomic E-state index is 12.5. The van der Waals surface area contributed by atoms with Crippen molar-refractivity contribution in [2.45, 2.75) is 26.7 Å². The molecule has 2 rings (SSSR count). The van der Waals surface area contributed by atoms with Crippen molar-refractivity contribution >= 4 is 5.91 Å². The molecule has 1 atom stereocenters. The molecule has 2 N–H and O–H groups in total. The van der Waals surface area contributed by atoms with Crippen LogP contribution < -0.4 is 5.32 Å². The fourth-order valence-electron chi connectivity index (χ4n) is 2.62. The van der Waals surface area contributed by atoms with Crippen molar-refractivity contribution in [3.05, 3.63) is 36.2 Å². The molecule has 7 heteroatoms. The van der Waals surface area contributed by atoms with E-state index in [1.165, 1.54) is 11.0 Å². The molecule has 1 unspecified atom stereocenters. The predicted molar refractivity (Wildman–Crippen MR) is 86.1 cm³/mol. The Morgan fingerprint density at radius 2 is 2.13 bits per heavy atom. The first-order valence-electron chi connectivity index (χ1n) is 7.83. The largest absolute Gasteiger partial charge is 0.396 e. The van der Waals surface area contributed by atoms with Gasteiger partial charge in [-0.3, -0.25) is 4.79 Å². The van der Waals surface area contributed by atoms with Gasteiger partial charge in [-0.25, -0.2) is 0 Å². The summed E-state index contributed by atoms with van der Waals surface area (Å²) in [5, 5.41) is 23.2. The van der Waals surface area contributed by atoms with Gasteiger partial charge in [0.25, 0.3) is 5.91 Å². The lowest BCUT2D eigenvalue weighted by Crippen LogP contribution is -2.31. The molecular formula is C16H23N5O2. The van der Waals surface area contributed by atoms with E-state index in [0.29, 0.717) is 30.1 Å². The lowest BCUT2D eigenvalue weighted by Gasteiger charge is -2.19. The number of aliphatic hydroxyl groups is 1. The first-order chi connectivity index (χ1) is 11.1. The van der Waals surface area contributed by atoms with Crippen molar-refractivity contribution in [3.8, 4) is 5.69 Å². The molecule has 0 spiro atoms. The van der Waals surface area contributed by atoms with Gasteiger partial charge in [0.1, 0.15) is 6.33 Å². The van der Waals surface area contributed by atoms with Crippen LogP contribution in [0.1, 0.15) is 37.0 Å². The Kier molecular flexibility index (Phi) is 6.22. The average molecular weight is 317 g/mol. The van der Waals surface area contributed by atoms with Gasteiger partial charge in [0.15, 0.2) is 0 Å². The van der Waals surface area contributed by atoms with Gasteiger partial charge in [0.2, 0.25) is 0 Å². The van der Waals surface area contributed by atoms with Crippen LogP contribution >= 0.6 is 0 Å². The Morgan fingerprint density at radius 1 is 1.35 bits per heavy atom. The number of nitrogens with zero attached hydrogens (tertiary/aromatic N) is 4. The van der Waals surface area contributed by atoms with Crippen molar-refractivity contribution in [1.82, 2.24) is 25.5 Å². The second-order valence-electron chi connectivity index (χ2n) is 5.99. The molecule has 0 saturated heterocycles. The standard InChI is InChI=1S/C16H23N5O2/c1-12(2)9-13(7-8-22)10-17-16(23)14-5-3-4-6-15(14)21-11-18-19-20-21/h3-6,11-13,22H,7-10H2,1-2H3,(H,17,23). The minimum absolute atomic E-state index is 0.133. The van der Waals surface area contributed by atoms with Crippen LogP contribution in [0.5, 0.6) is 0 Å². The Labute approximate surface area is 135 Å². The van der Waals surface area contributed by atoms with Gasteiger partial charge in [0, 0.05) is 13.2 Å². The molecule has 0 radical (unpaired) electrons. The Morgan fingerprint density at radius 3 is 2.78 bits per heavy atom. The lowest BCUT2D eigenvalue weighted by atomic mass is 9.94. The number of benzene rings is 1. The summed E-state index contributed by atoms with van der Waals surface area (Å²) in [6.07, 6.45) is 3.11. The number of rotatable bonds is 8. The number of hydrogen-bond donors (Lipinski definition) is 2. The van der Waals surface area contributed by atoms with E-state index in [0.717, 1.165) is 6.42 Å². The van der Waals surface area contributed by atoms with E-state index in [-0.39, 0.29) is 18.4 Å². The van der Waals surface area contributed by atoms with E-state index in [4.69, 9.17) is 5.11 Å². The molecule has 0 aliphatic rings. The van der Waals surface area contributed by atoms with Crippen molar-refractivity contribution in [1.29, 1.82) is 0 Å². The fourth-order valence-corrected chi connectivity index (χ4v) is 2.62. The Balaban J connectivity index is 2.06. The molecule has 1 amide bonds. The second-order valence-corrected chi connectivity index (χ2v) is 5.99. The maximum atomic E-state index is 12.5. The number of aromatic nitrogens is 4. The van der Waals surface area contributed by atoms with Gasteiger partial charge in [0.05, 0.1) is 11.3 Å². The van der Waals surface area contributed by atoms with Gasteiger partial charge in [-0.2, -0.15) is 4.68 Å². The normalized spacial score (nSPS) is 12.3. The fraction of sp³-hybridized carbons (Fsp3) is 0.500. The number of aliphatic hydroxyl groups excluding tert-OH is 1. The van der Waals surface area contributed by atoms with Crippen molar-refractivity contribution in [3.63, 3.8) is 0 Å². The molecule has 0 aliphatic carbocycles. The van der Waals surface area contributed by atoms with E-state index in [1.807, 2.05) is 12.1 Å². The molecule has 0 saturated carbocycles. The summed E-state index contributed by atoms with van der Waals surface area (Å²) >= 11 is 0. The number of carbonyl (C=O) groups excluding carboxylic acids is 1. The van der Waals surface area contributed by atoms with E-state index in [2.05, 4.69) is 34.7 Å². The molecule has 0 bridgehead atoms. The minimum Gasteiger partial charge on any atom is -0.396 e. The van der Waals surface area contributed by atoms with Crippen molar-refractivity contribution < 1.29 is 9.90 Å². The molecule has 23 heavy (non-hydrogen) atoms. The van der Waals surface area contributed by atoms with E-state index >= 15 is 0 Å². The predicted octanol–water partition coefficient (Wildman–Crippen LogP) is 1.44. The third kappa shape index (κ3) is 4.85. The monoisotopic (exact) mass is 317 g/mol. The Bertz CT molecular complexity index is 613. The topological polar surface area (TPSA) is 92.9 Å². The van der Waals surface area contributed by atoms with Crippen LogP contribution in [-0.2, 0) is 0 Å². The number of carbonyl (C=O) groups is 1. The molecule has 7 nitrogen and oxygen atoms in total. The van der Waals surface area contributed by atoms with E-state index < -0.39 is 0 Å². The molecule has 0 fully saturated rings. The molecule has 2 aromatic rings. The summed E-state index contributed by atoms with van der Waals surface area (Å²) in [7, 11) is 0. The van der Waals surface area contributed by atoms with Crippen molar-refractivity contribution in [2.75, 3.05) is 13.2 Å². The third-order valence-corrected chi connectivity index (χ3v) is 3.64. The zero-order valence-electron chi connectivity index (χ0n) is 13.5. The summed E-state index contributed by atoms with van der Waals surface area (Å²) in [6.45, 7) is 4.95. The summed E-state index contributed by atoms with van der Waals surface area (Å²) in [5.41, 5.74) is 1.16. The van der Waals surface area contributed by atoms with Crippen LogP contribution in [0.2, 0.25) is 0 Å². The number of amides is 1. The van der Waals surface area contributed by atoms with Gasteiger partial charge in [-0.1, -0.05) is 26.0 Å². The number of hydrogen-bond acceptors (Lipinski definition) is 5. The van der Waals surface area contributed by atoms with E-state index in [9.17, 15) is 4.79 Å². The van der Waals surface area contributed by atoms with Crippen LogP contribution in [0.25, 0.3) is 5.69 Å². The highest BCUT2D eigenvalue weighted by Gasteiger charge is 2.16. The molecule has 1 heterocycles. The van der Waals surface area contributed by atoms with Gasteiger partial charge in [-0.05, 0) is 47.2 Å². The molecular weight excluding hydrogens is 294 g/mol. The molecule has 124 valence electrons. The van der Waals surface area contributed by atoms with Crippen LogP contribution in [0.4, 0.5) is 0 Å². The zero-order valence-corrected chi connectivity index (χ0v) is 13.5. The first kappa shape index (κ1) is 17.1. The third-order valence-electron chi connectivity index (χ3n) is 3.64. The summed E-state index contributed by atoms with van der Waals surface area (Å²) in [4.78, 5) is 12.5. The number of tetrazole rings is 1. The van der Waals surface area contributed by atoms with Gasteiger partial charge < -0.3 is 10.4 Å². The molecule has 0 aliphatic heterocycles. The Hall–Kier alpha value is -2.28. The SMILES string of the molecule is CC(C)CC(CCO)CNC(=O)c1ccccc1-n1cnnn1. The quantitative estimate of drug-likeness (QED) is 0.768. The second kappa shape index (κ2) is 8.38. The van der Waals surface area contributed by atoms with Crippen LogP contribution in [0, 0.1) is 11.8 Å². The average Bonchev–Trinajstić information content (AvgIpc) is 3.06. The van der Waals surface area contributed by atoms with Crippen LogP contribution in [-0.4, -0.2) is 44.4 Å². The summed E-state index contributed by atoms with van der Waals surface area (Å²) < 4.78 is 1.47. The van der Waals surface area contributed by atoms with Gasteiger partial charge >= 0.3 is 0 Å². The lowest BCUT2D eigenvalue weighted by molar-refractivity contribution is 0.0941. The summed E-state index contributed by atoms with van der Waals surface area (Å²) in [6, 6.07) is 7.18. The molecule has 1 aromatic carbocycles. The number of nitrogens with one attached hydrogen (secondary N) is 1. The van der Waals surface area contributed by atoms with E-state index in [1.54, 1.807) is 12.1 Å². The highest BCUT2D eigenvalue weighted by molar-refractivity contribution is 5.97. The van der Waals surface area contributed by atoms with Crippen LogP contribution in [0.3, 0.4) is 0 Å². The highest BCUT2D eigenvalue weighted by Crippen LogP contribution is 2.16. The van der Waals surface area contributed by atoms with Crippen molar-refractivity contribution in [2.24, 2.45) is 11.8 Å². The smallest absolute Gasteiger partial charge is 0.253 e. The van der Waals surface area contributed by atoms with Gasteiger partial charge in [-0.15, -0.1) is 5.10 Å². The van der Waals surface area contributed by atoms with Crippen LogP contribution in [0.15, 0.2) is 30.6 Å². The number of para-hydroxylation sites is 1. The maximum Gasteiger partial charge on any atom is 0.253 e. The summed E-state index contributed by atoms with van der Waals surface area (Å²) in [5.74, 6) is 0.629. The first-order valence-corrected chi connectivity index (χ1v) is 7.83. The molecule has 1 aromatic heterocycles. The highest BCUT2D eigenvalue weighted by atomic mass is 16.3. The minimum atomic E-state index is -0.164. The zero-order chi connectivity index (χ0) is 16.7.